The predicted octanol–water partition coefficient (Wildman–Crippen LogP) is 3.83. The summed E-state index contributed by atoms with van der Waals surface area (Å²) in [6.07, 6.45) is 2.31. The Kier molecular flexibility index (Phi) is 6.23. The van der Waals surface area contributed by atoms with Gasteiger partial charge in [-0.15, -0.1) is 0 Å². The van der Waals surface area contributed by atoms with Crippen molar-refractivity contribution < 1.29 is 23.5 Å². The molecule has 1 unspecified atom stereocenters. The Labute approximate surface area is 173 Å². The summed E-state index contributed by atoms with van der Waals surface area (Å²) in [5.74, 6) is -0.163. The number of nitrogens with zero attached hydrogens (tertiary/aromatic N) is 2. The Morgan fingerprint density at radius 1 is 1.23 bits per heavy atom. The molecule has 8 nitrogen and oxygen atoms in total. The molecule has 2 aromatic heterocycles. The first-order chi connectivity index (χ1) is 14.4. The molecule has 0 saturated heterocycles. The molecule has 3 rings (SSSR count). The first kappa shape index (κ1) is 20.7. The molecule has 30 heavy (non-hydrogen) atoms. The lowest BCUT2D eigenvalue weighted by Crippen LogP contribution is -2.30. The third-order valence-electron chi connectivity index (χ3n) is 4.31. The minimum absolute atomic E-state index is 0.00178. The molecule has 0 aliphatic rings. The molecule has 1 amide bonds. The van der Waals surface area contributed by atoms with Crippen molar-refractivity contribution in [1.29, 1.82) is 5.26 Å². The average molecular weight is 407 g/mol. The zero-order valence-electron chi connectivity index (χ0n) is 16.8. The lowest BCUT2D eigenvalue weighted by molar-refractivity contribution is -0.123. The van der Waals surface area contributed by atoms with Gasteiger partial charge in [0.1, 0.15) is 28.7 Å². The number of aryl methyl sites for hydroxylation is 1. The molecule has 0 radical (unpaired) electrons. The van der Waals surface area contributed by atoms with Gasteiger partial charge in [0.2, 0.25) is 5.88 Å². The summed E-state index contributed by atoms with van der Waals surface area (Å²) in [4.78, 5) is 25.1. The standard InChI is InChI=1S/C22H21N3O5/c1-4-28-17-9-7-16(8-10-17)24-20(26)15(3)30-22(27)19-14(2)29-21(18(19)13-23)25-11-5-6-12-25/h5-12,15H,4H2,1-3H3,(H,24,26). The number of aromatic nitrogens is 1. The maximum Gasteiger partial charge on any atom is 0.343 e. The van der Waals surface area contributed by atoms with Crippen molar-refractivity contribution in [2.45, 2.75) is 26.9 Å². The van der Waals surface area contributed by atoms with Crippen LogP contribution in [0.5, 0.6) is 5.75 Å². The van der Waals surface area contributed by atoms with Crippen LogP contribution in [0, 0.1) is 18.3 Å². The molecule has 0 aliphatic heterocycles. The van der Waals surface area contributed by atoms with Gasteiger partial charge < -0.3 is 19.2 Å². The van der Waals surface area contributed by atoms with Gasteiger partial charge in [-0.3, -0.25) is 9.36 Å². The second-order valence-corrected chi connectivity index (χ2v) is 6.41. The molecule has 0 bridgehead atoms. The number of benzene rings is 1. The van der Waals surface area contributed by atoms with Gasteiger partial charge >= 0.3 is 5.97 Å². The van der Waals surface area contributed by atoms with Crippen LogP contribution in [-0.4, -0.2) is 29.2 Å². The summed E-state index contributed by atoms with van der Waals surface area (Å²) in [7, 11) is 0. The number of ether oxygens (including phenoxy) is 2. The molecule has 0 spiro atoms. The van der Waals surface area contributed by atoms with Crippen molar-refractivity contribution in [1.82, 2.24) is 4.57 Å². The van der Waals surface area contributed by atoms with Crippen LogP contribution in [-0.2, 0) is 9.53 Å². The van der Waals surface area contributed by atoms with Gasteiger partial charge in [-0.1, -0.05) is 0 Å². The third kappa shape index (κ3) is 4.36. The van der Waals surface area contributed by atoms with Crippen molar-refractivity contribution in [3.63, 3.8) is 0 Å². The first-order valence-electron chi connectivity index (χ1n) is 9.36. The van der Waals surface area contributed by atoms with E-state index in [-0.39, 0.29) is 22.8 Å². The van der Waals surface area contributed by atoms with E-state index in [4.69, 9.17) is 13.9 Å². The topological polar surface area (TPSA) is 106 Å². The summed E-state index contributed by atoms with van der Waals surface area (Å²) in [6.45, 7) is 5.45. The van der Waals surface area contributed by atoms with Crippen LogP contribution < -0.4 is 10.1 Å². The smallest absolute Gasteiger partial charge is 0.343 e. The monoisotopic (exact) mass is 407 g/mol. The number of rotatable bonds is 7. The second-order valence-electron chi connectivity index (χ2n) is 6.41. The number of furan rings is 1. The van der Waals surface area contributed by atoms with E-state index < -0.39 is 18.0 Å². The maximum absolute atomic E-state index is 12.7. The minimum Gasteiger partial charge on any atom is -0.494 e. The molecule has 154 valence electrons. The Bertz CT molecular complexity index is 1080. The highest BCUT2D eigenvalue weighted by Crippen LogP contribution is 2.26. The Morgan fingerprint density at radius 2 is 1.90 bits per heavy atom. The molecule has 1 atom stereocenters. The molecular weight excluding hydrogens is 386 g/mol. The Morgan fingerprint density at radius 3 is 2.50 bits per heavy atom. The molecular formula is C22H21N3O5. The van der Waals surface area contributed by atoms with Crippen molar-refractivity contribution in [2.75, 3.05) is 11.9 Å². The second kappa shape index (κ2) is 9.01. The van der Waals surface area contributed by atoms with Crippen molar-refractivity contribution in [3.8, 4) is 17.7 Å². The molecule has 1 aromatic carbocycles. The summed E-state index contributed by atoms with van der Waals surface area (Å²) in [5, 5.41) is 12.2. The lowest BCUT2D eigenvalue weighted by Gasteiger charge is -2.13. The van der Waals surface area contributed by atoms with Gasteiger partial charge in [0, 0.05) is 18.1 Å². The summed E-state index contributed by atoms with van der Waals surface area (Å²) in [6, 6.07) is 12.4. The molecule has 0 aliphatic carbocycles. The summed E-state index contributed by atoms with van der Waals surface area (Å²) in [5.41, 5.74) is 0.591. The third-order valence-corrected chi connectivity index (χ3v) is 4.31. The van der Waals surface area contributed by atoms with E-state index >= 15 is 0 Å². The maximum atomic E-state index is 12.7. The normalized spacial score (nSPS) is 11.4. The molecule has 8 heteroatoms. The Hall–Kier alpha value is -3.99. The van der Waals surface area contributed by atoms with Crippen molar-refractivity contribution in [2.24, 2.45) is 0 Å². The number of anilines is 1. The highest BCUT2D eigenvalue weighted by molar-refractivity contribution is 5.99. The number of carbonyl (C=O) groups is 2. The minimum atomic E-state index is -1.08. The number of carbonyl (C=O) groups excluding carboxylic acids is 2. The number of esters is 1. The van der Waals surface area contributed by atoms with Crippen LogP contribution in [0.3, 0.4) is 0 Å². The van der Waals surface area contributed by atoms with Crippen LogP contribution in [0.2, 0.25) is 0 Å². The molecule has 1 N–H and O–H groups in total. The Balaban J connectivity index is 1.71. The summed E-state index contributed by atoms with van der Waals surface area (Å²) < 4.78 is 17.8. The quantitative estimate of drug-likeness (QED) is 0.597. The molecule has 0 saturated carbocycles. The number of nitriles is 1. The van der Waals surface area contributed by atoms with Gasteiger partial charge in [-0.25, -0.2) is 4.79 Å². The predicted molar refractivity (Wildman–Crippen MR) is 109 cm³/mol. The molecule has 0 fully saturated rings. The number of amides is 1. The van der Waals surface area contributed by atoms with E-state index in [1.165, 1.54) is 6.92 Å². The van der Waals surface area contributed by atoms with E-state index in [1.54, 1.807) is 60.3 Å². The zero-order chi connectivity index (χ0) is 21.7. The van der Waals surface area contributed by atoms with Crippen LogP contribution in [0.1, 0.15) is 35.5 Å². The first-order valence-corrected chi connectivity index (χ1v) is 9.36. The van der Waals surface area contributed by atoms with Gasteiger partial charge in [-0.05, 0) is 57.2 Å². The van der Waals surface area contributed by atoms with Gasteiger partial charge in [0.05, 0.1) is 6.61 Å². The average Bonchev–Trinajstić information content (AvgIpc) is 3.36. The largest absolute Gasteiger partial charge is 0.494 e. The SMILES string of the molecule is CCOc1ccc(NC(=O)C(C)OC(=O)c2c(C)oc(-n3cccc3)c2C#N)cc1. The van der Waals surface area contributed by atoms with Crippen molar-refractivity contribution in [3.05, 3.63) is 65.7 Å². The van der Waals surface area contributed by atoms with Crippen molar-refractivity contribution >= 4 is 17.6 Å². The van der Waals surface area contributed by atoms with Crippen LogP contribution in [0.4, 0.5) is 5.69 Å². The van der Waals surface area contributed by atoms with E-state index in [0.29, 0.717) is 18.0 Å². The fourth-order valence-corrected chi connectivity index (χ4v) is 2.85. The van der Waals surface area contributed by atoms with E-state index in [1.807, 2.05) is 13.0 Å². The highest BCUT2D eigenvalue weighted by Gasteiger charge is 2.28. The van der Waals surface area contributed by atoms with E-state index in [0.717, 1.165) is 0 Å². The van der Waals surface area contributed by atoms with Crippen LogP contribution >= 0.6 is 0 Å². The fourth-order valence-electron chi connectivity index (χ4n) is 2.85. The summed E-state index contributed by atoms with van der Waals surface area (Å²) >= 11 is 0. The molecule has 2 heterocycles. The zero-order valence-corrected chi connectivity index (χ0v) is 16.8. The van der Waals surface area contributed by atoms with Gasteiger partial charge in [0.25, 0.3) is 5.91 Å². The van der Waals surface area contributed by atoms with E-state index in [9.17, 15) is 14.9 Å². The highest BCUT2D eigenvalue weighted by atomic mass is 16.5. The number of nitrogens with one attached hydrogen (secondary N) is 1. The molecule has 3 aromatic rings. The number of hydrogen-bond acceptors (Lipinski definition) is 6. The lowest BCUT2D eigenvalue weighted by atomic mass is 10.1. The fraction of sp³-hybridized carbons (Fsp3) is 0.227. The van der Waals surface area contributed by atoms with Gasteiger partial charge in [-0.2, -0.15) is 5.26 Å². The van der Waals surface area contributed by atoms with Crippen LogP contribution in [0.15, 0.2) is 53.2 Å². The number of hydrogen-bond donors (Lipinski definition) is 1. The van der Waals surface area contributed by atoms with E-state index in [2.05, 4.69) is 5.32 Å². The van der Waals surface area contributed by atoms with Crippen LogP contribution in [0.25, 0.3) is 5.88 Å². The van der Waals surface area contributed by atoms with Gasteiger partial charge in [0.15, 0.2) is 6.10 Å².